The molecule has 308 valence electrons. The monoisotopic (exact) mass is 794 g/mol. The normalized spacial score (nSPS) is 34.7. The molecule has 0 radical (unpaired) electrons. The van der Waals surface area contributed by atoms with Crippen molar-refractivity contribution in [2.75, 3.05) is 59.5 Å². The Labute approximate surface area is 338 Å². The minimum atomic E-state index is -2.28. The molecule has 13 nitrogen and oxygen atoms in total. The minimum absolute atomic E-state index is 0.0432. The summed E-state index contributed by atoms with van der Waals surface area (Å²) < 4.78 is 23.7. The van der Waals surface area contributed by atoms with Crippen molar-refractivity contribution < 1.29 is 43.2 Å². The van der Waals surface area contributed by atoms with Gasteiger partial charge in [-0.3, -0.25) is 24.2 Å². The van der Waals surface area contributed by atoms with Gasteiger partial charge in [0.25, 0.3) is 0 Å². The Kier molecular flexibility index (Phi) is 9.14. The second kappa shape index (κ2) is 13.7. The molecule has 3 aromatic rings. The van der Waals surface area contributed by atoms with Crippen molar-refractivity contribution in [1.29, 1.82) is 0 Å². The number of anilines is 1. The second-order valence-electron chi connectivity index (χ2n) is 17.5. The molecular weight excluding hydrogens is 741 g/mol. The van der Waals surface area contributed by atoms with Gasteiger partial charge in [-0.1, -0.05) is 36.8 Å². The van der Waals surface area contributed by atoms with Crippen molar-refractivity contribution >= 4 is 40.3 Å². The number of benzene rings is 2. The zero-order valence-electron chi connectivity index (χ0n) is 34.4. The van der Waals surface area contributed by atoms with Crippen molar-refractivity contribution in [2.45, 2.75) is 87.6 Å². The van der Waals surface area contributed by atoms with E-state index in [0.717, 1.165) is 39.0 Å². The smallest absolute Gasteiger partial charge is 0.344 e. The van der Waals surface area contributed by atoms with E-state index in [1.54, 1.807) is 14.0 Å². The number of likely N-dealkylation sites (N-methyl/N-ethyl adjacent to an activating group) is 1. The van der Waals surface area contributed by atoms with Crippen LogP contribution in [0, 0.1) is 17.8 Å². The second-order valence-corrected chi connectivity index (χ2v) is 17.5. The number of ether oxygens (including phenoxy) is 4. The number of methoxy groups -OCH3 is 3. The van der Waals surface area contributed by atoms with E-state index in [0.29, 0.717) is 69.7 Å². The van der Waals surface area contributed by atoms with Gasteiger partial charge in [-0.05, 0) is 68.3 Å². The molecule has 3 fully saturated rings. The summed E-state index contributed by atoms with van der Waals surface area (Å²) in [5.74, 6) is -2.06. The van der Waals surface area contributed by atoms with Crippen molar-refractivity contribution in [3.05, 3.63) is 70.4 Å². The molecule has 2 saturated heterocycles. The van der Waals surface area contributed by atoms with Crippen LogP contribution in [0.2, 0.25) is 0 Å². The van der Waals surface area contributed by atoms with Gasteiger partial charge >= 0.3 is 17.9 Å². The average molecular weight is 795 g/mol. The third-order valence-electron chi connectivity index (χ3n) is 15.0. The van der Waals surface area contributed by atoms with Crippen LogP contribution in [0.5, 0.6) is 5.75 Å². The predicted molar refractivity (Wildman–Crippen MR) is 214 cm³/mol. The Balaban J connectivity index is 1.35. The Bertz CT molecular complexity index is 2270. The van der Waals surface area contributed by atoms with Gasteiger partial charge in [0.15, 0.2) is 6.10 Å². The van der Waals surface area contributed by atoms with E-state index in [2.05, 4.69) is 33.0 Å². The lowest BCUT2D eigenvalue weighted by molar-refractivity contribution is -0.212. The molecule has 2 unspecified atom stereocenters. The summed E-state index contributed by atoms with van der Waals surface area (Å²) in [6.07, 6.45) is 3.12. The number of fused-ring (bicyclic) bond motifs is 6. The van der Waals surface area contributed by atoms with Gasteiger partial charge in [0.1, 0.15) is 16.9 Å². The number of carbonyl (C=O) groups is 4. The van der Waals surface area contributed by atoms with Crippen LogP contribution in [0.4, 0.5) is 5.69 Å². The summed E-state index contributed by atoms with van der Waals surface area (Å²) >= 11 is 0. The van der Waals surface area contributed by atoms with Gasteiger partial charge < -0.3 is 33.9 Å². The van der Waals surface area contributed by atoms with Crippen molar-refractivity contribution in [1.82, 2.24) is 14.8 Å². The Morgan fingerprint density at radius 1 is 1.00 bits per heavy atom. The molecule has 1 saturated carbocycles. The van der Waals surface area contributed by atoms with Crippen LogP contribution in [0.3, 0.4) is 0 Å². The zero-order valence-corrected chi connectivity index (χ0v) is 34.4. The zero-order chi connectivity index (χ0) is 41.1. The molecule has 6 heterocycles. The number of hydrogen-bond acceptors (Lipinski definition) is 12. The van der Waals surface area contributed by atoms with Gasteiger partial charge in [0.05, 0.1) is 27.4 Å². The van der Waals surface area contributed by atoms with Crippen LogP contribution in [0.1, 0.15) is 68.8 Å². The number of para-hydroxylation sites is 1. The number of aromatic amines is 1. The molecule has 2 aromatic carbocycles. The number of piperidine rings is 1. The molecule has 13 heteroatoms. The summed E-state index contributed by atoms with van der Waals surface area (Å²) in [5.41, 5.74) is 1.29. The number of aromatic nitrogens is 1. The van der Waals surface area contributed by atoms with E-state index in [9.17, 15) is 19.5 Å². The molecule has 1 spiro atoms. The van der Waals surface area contributed by atoms with E-state index in [4.69, 9.17) is 18.9 Å². The largest absolute Gasteiger partial charge is 0.496 e. The lowest BCUT2D eigenvalue weighted by atomic mass is 9.52. The first-order chi connectivity index (χ1) is 27.8. The fraction of sp³-hybridized carbons (Fsp3) is 0.556. The van der Waals surface area contributed by atoms with Crippen LogP contribution in [-0.4, -0.2) is 122 Å². The van der Waals surface area contributed by atoms with E-state index in [1.807, 2.05) is 43.1 Å². The molecular formula is C45H54N4O9. The maximum absolute atomic E-state index is 15.2. The molecule has 1 aliphatic carbocycles. The molecule has 1 aromatic heterocycles. The van der Waals surface area contributed by atoms with Gasteiger partial charge in [0, 0.05) is 97.4 Å². The Hall–Kier alpha value is -4.72. The number of carbonyl (C=O) groups excluding carboxylic acids is 4. The number of nitrogens with zero attached hydrogens (tertiary/aromatic N) is 3. The molecule has 9 rings (SSSR count). The minimum Gasteiger partial charge on any atom is -0.496 e. The quantitative estimate of drug-likeness (QED) is 0.202. The molecule has 2 bridgehead atoms. The predicted octanol–water partition coefficient (Wildman–Crippen LogP) is 4.01. The van der Waals surface area contributed by atoms with E-state index >= 15 is 4.79 Å². The van der Waals surface area contributed by atoms with Gasteiger partial charge in [0.2, 0.25) is 5.60 Å². The first-order valence-corrected chi connectivity index (χ1v) is 20.6. The highest BCUT2D eigenvalue weighted by atomic mass is 16.6. The maximum Gasteiger partial charge on any atom is 0.344 e. The van der Waals surface area contributed by atoms with E-state index in [-0.39, 0.29) is 23.7 Å². The number of ketones is 1. The standard InChI is InChI=1S/C45H54N4O9/c1-8-27-13-15-49-16-14-43-31-18-32(35(55-5)19-34(31)47(4)40(43)45(54,42(53)57-7)39(58-25(3)51)36(27)38(43)49)44(41(52)56-6)20-26-17-28(24(2)50)22-48(21-26)23-30-29-11-9-10-12-33(29)46-37(30)44/h9-13,18-19,26,28,36,38-40,46,54H,8,14-17,20-23H2,1-7H3/t26-,28+,36?,38-,39+,40+,43+,44-,45+/m0/s1. The lowest BCUT2D eigenvalue weighted by Gasteiger charge is -2.59. The molecule has 6 aliphatic rings. The van der Waals surface area contributed by atoms with Crippen LogP contribution in [0.15, 0.2) is 48.0 Å². The van der Waals surface area contributed by atoms with Gasteiger partial charge in [-0.25, -0.2) is 4.79 Å². The number of rotatable bonds is 7. The van der Waals surface area contributed by atoms with Gasteiger partial charge in [-0.2, -0.15) is 0 Å². The number of Topliss-reactive ketones (excluding diaryl/α,β-unsaturated/α-hetero) is 1. The number of aliphatic hydroxyl groups is 1. The molecule has 2 N–H and O–H groups in total. The van der Waals surface area contributed by atoms with Crippen molar-refractivity contribution in [3.63, 3.8) is 0 Å². The highest BCUT2D eigenvalue weighted by Gasteiger charge is 2.77. The summed E-state index contributed by atoms with van der Waals surface area (Å²) in [7, 11) is 6.12. The van der Waals surface area contributed by atoms with Crippen LogP contribution in [0.25, 0.3) is 10.9 Å². The number of H-pyrrole nitrogens is 1. The fourth-order valence-electron chi connectivity index (χ4n) is 12.9. The van der Waals surface area contributed by atoms with Crippen molar-refractivity contribution in [2.24, 2.45) is 17.8 Å². The Morgan fingerprint density at radius 2 is 1.76 bits per heavy atom. The highest BCUT2D eigenvalue weighted by molar-refractivity contribution is 5.95. The summed E-state index contributed by atoms with van der Waals surface area (Å²) in [5, 5.41) is 14.2. The molecule has 58 heavy (non-hydrogen) atoms. The number of hydrogen-bond donors (Lipinski definition) is 2. The molecule has 5 aliphatic heterocycles. The van der Waals surface area contributed by atoms with Crippen LogP contribution >= 0.6 is 0 Å². The first kappa shape index (κ1) is 38.8. The fourth-order valence-corrected chi connectivity index (χ4v) is 12.9. The number of esters is 3. The van der Waals surface area contributed by atoms with Gasteiger partial charge in [-0.15, -0.1) is 0 Å². The summed E-state index contributed by atoms with van der Waals surface area (Å²) in [4.78, 5) is 65.8. The maximum atomic E-state index is 15.2. The number of nitrogens with one attached hydrogen (secondary N) is 1. The summed E-state index contributed by atoms with van der Waals surface area (Å²) in [6, 6.07) is 10.9. The van der Waals surface area contributed by atoms with Crippen molar-refractivity contribution in [3.8, 4) is 5.75 Å². The van der Waals surface area contributed by atoms with E-state index < -0.39 is 52.4 Å². The highest BCUT2D eigenvalue weighted by Crippen LogP contribution is 2.65. The first-order valence-electron chi connectivity index (χ1n) is 20.6. The third-order valence-corrected chi connectivity index (χ3v) is 15.0. The van der Waals surface area contributed by atoms with Crippen LogP contribution < -0.4 is 9.64 Å². The van der Waals surface area contributed by atoms with Crippen LogP contribution in [-0.2, 0) is 50.8 Å². The molecule has 10 atom stereocenters. The SMILES string of the molecule is CCC1=CCN2CC[C@]34c5cc([C@@]6(C(=O)OC)C[C@@H]7C[C@@H](C(C)=O)CN(Cc8c6[nH]c6ccccc86)C7)c(OC)cc5N(C)[C@H]3[C@@](O)(C(=O)OC)[C@H](OC(C)=O)C1[C@H]24. The average Bonchev–Trinajstić information content (AvgIpc) is 3.86. The van der Waals surface area contributed by atoms with E-state index in [1.165, 1.54) is 21.1 Å². The Morgan fingerprint density at radius 3 is 2.45 bits per heavy atom. The third kappa shape index (κ3) is 5.05. The lowest BCUT2D eigenvalue weighted by Crippen LogP contribution is -2.78. The molecule has 0 amide bonds. The summed E-state index contributed by atoms with van der Waals surface area (Å²) in [6.45, 7) is 8.24. The topological polar surface area (TPSA) is 151 Å².